The molecule has 134 valence electrons. The summed E-state index contributed by atoms with van der Waals surface area (Å²) in [5, 5.41) is 9.63. The van der Waals surface area contributed by atoms with Crippen LogP contribution in [0.2, 0.25) is 0 Å². The highest BCUT2D eigenvalue weighted by molar-refractivity contribution is 9.10. The van der Waals surface area contributed by atoms with Gasteiger partial charge in [-0.15, -0.1) is 0 Å². The number of hydrogen-bond acceptors (Lipinski definition) is 3. The topological polar surface area (TPSA) is 42.2 Å². The predicted molar refractivity (Wildman–Crippen MR) is 111 cm³/mol. The number of benzene rings is 3. The van der Waals surface area contributed by atoms with Crippen LogP contribution in [0.25, 0.3) is 11.6 Å². The minimum Gasteiger partial charge on any atom is -0.497 e. The lowest BCUT2D eigenvalue weighted by atomic mass is 10.0. The molecule has 0 heterocycles. The fourth-order valence-corrected chi connectivity index (χ4v) is 2.98. The minimum atomic E-state index is 0.466. The van der Waals surface area contributed by atoms with Gasteiger partial charge in [-0.2, -0.15) is 5.26 Å². The van der Waals surface area contributed by atoms with E-state index in [1.54, 1.807) is 7.11 Å². The Labute approximate surface area is 167 Å². The van der Waals surface area contributed by atoms with Gasteiger partial charge in [0, 0.05) is 10.0 Å². The van der Waals surface area contributed by atoms with Gasteiger partial charge in [-0.05, 0) is 59.7 Å². The summed E-state index contributed by atoms with van der Waals surface area (Å²) in [4.78, 5) is 0. The molecule has 0 aliphatic heterocycles. The molecule has 3 rings (SSSR count). The molecule has 3 nitrogen and oxygen atoms in total. The zero-order valence-electron chi connectivity index (χ0n) is 14.9. The first-order valence-corrected chi connectivity index (χ1v) is 9.21. The van der Waals surface area contributed by atoms with Gasteiger partial charge < -0.3 is 9.47 Å². The van der Waals surface area contributed by atoms with Crippen molar-refractivity contribution in [2.24, 2.45) is 0 Å². The molecule has 0 fully saturated rings. The SMILES string of the molecule is COc1ccc(/C(C#N)=C/c2cc(Br)ccc2OCc2ccccc2)cc1. The van der Waals surface area contributed by atoms with E-state index < -0.39 is 0 Å². The summed E-state index contributed by atoms with van der Waals surface area (Å²) < 4.78 is 12.1. The molecule has 0 amide bonds. The van der Waals surface area contributed by atoms with Crippen molar-refractivity contribution < 1.29 is 9.47 Å². The van der Waals surface area contributed by atoms with Crippen LogP contribution in [0.15, 0.2) is 77.3 Å². The van der Waals surface area contributed by atoms with Gasteiger partial charge >= 0.3 is 0 Å². The Morgan fingerprint density at radius 3 is 2.44 bits per heavy atom. The molecule has 3 aromatic rings. The van der Waals surface area contributed by atoms with Crippen LogP contribution >= 0.6 is 15.9 Å². The second-order valence-corrected chi connectivity index (χ2v) is 6.77. The zero-order chi connectivity index (χ0) is 19.1. The van der Waals surface area contributed by atoms with Gasteiger partial charge in [0.25, 0.3) is 0 Å². The number of rotatable bonds is 6. The molecule has 0 bridgehead atoms. The van der Waals surface area contributed by atoms with E-state index in [9.17, 15) is 5.26 Å². The van der Waals surface area contributed by atoms with Crippen LogP contribution in [0.1, 0.15) is 16.7 Å². The maximum absolute atomic E-state index is 9.63. The average Bonchev–Trinajstić information content (AvgIpc) is 2.72. The van der Waals surface area contributed by atoms with Gasteiger partial charge in [0.05, 0.1) is 18.8 Å². The third-order valence-corrected chi connectivity index (χ3v) is 4.52. The molecule has 0 aliphatic rings. The van der Waals surface area contributed by atoms with Crippen molar-refractivity contribution in [1.82, 2.24) is 0 Å². The highest BCUT2D eigenvalue weighted by Crippen LogP contribution is 2.29. The summed E-state index contributed by atoms with van der Waals surface area (Å²) in [5.74, 6) is 1.48. The van der Waals surface area contributed by atoms with Crippen molar-refractivity contribution in [1.29, 1.82) is 5.26 Å². The van der Waals surface area contributed by atoms with Crippen LogP contribution in [0.4, 0.5) is 0 Å². The van der Waals surface area contributed by atoms with Crippen LogP contribution in [0, 0.1) is 11.3 Å². The van der Waals surface area contributed by atoms with Gasteiger partial charge in [0.1, 0.15) is 18.1 Å². The fraction of sp³-hybridized carbons (Fsp3) is 0.0870. The van der Waals surface area contributed by atoms with Crippen LogP contribution in [0.3, 0.4) is 0 Å². The largest absolute Gasteiger partial charge is 0.497 e. The number of nitriles is 1. The molecular weight excluding hydrogens is 402 g/mol. The Balaban J connectivity index is 1.90. The van der Waals surface area contributed by atoms with Crippen LogP contribution in [0.5, 0.6) is 11.5 Å². The second kappa shape index (κ2) is 9.07. The summed E-state index contributed by atoms with van der Waals surface area (Å²) in [6, 6.07) is 25.5. The smallest absolute Gasteiger partial charge is 0.127 e. The van der Waals surface area contributed by atoms with Crippen molar-refractivity contribution in [3.63, 3.8) is 0 Å². The number of hydrogen-bond donors (Lipinski definition) is 0. The first-order chi connectivity index (χ1) is 13.2. The monoisotopic (exact) mass is 419 g/mol. The summed E-state index contributed by atoms with van der Waals surface area (Å²) in [6.45, 7) is 0.466. The Morgan fingerprint density at radius 1 is 1.04 bits per heavy atom. The Bertz CT molecular complexity index is 974. The minimum absolute atomic E-state index is 0.466. The molecule has 0 atom stereocenters. The third kappa shape index (κ3) is 4.99. The molecule has 0 unspecified atom stereocenters. The van der Waals surface area contributed by atoms with Crippen LogP contribution < -0.4 is 9.47 Å². The summed E-state index contributed by atoms with van der Waals surface area (Å²) in [6.07, 6.45) is 1.84. The van der Waals surface area contributed by atoms with E-state index in [0.717, 1.165) is 32.7 Å². The van der Waals surface area contributed by atoms with Gasteiger partial charge in [0.15, 0.2) is 0 Å². The maximum atomic E-state index is 9.63. The summed E-state index contributed by atoms with van der Waals surface area (Å²) in [7, 11) is 1.62. The van der Waals surface area contributed by atoms with Crippen molar-refractivity contribution in [3.05, 3.63) is 94.0 Å². The first kappa shape index (κ1) is 18.8. The number of methoxy groups -OCH3 is 1. The highest BCUT2D eigenvalue weighted by atomic mass is 79.9. The highest BCUT2D eigenvalue weighted by Gasteiger charge is 2.07. The quantitative estimate of drug-likeness (QED) is 0.357. The van der Waals surface area contributed by atoms with E-state index in [-0.39, 0.29) is 0 Å². The molecule has 27 heavy (non-hydrogen) atoms. The Hall–Kier alpha value is -3.03. The number of ether oxygens (including phenoxy) is 2. The molecular formula is C23H18BrNO2. The normalized spacial score (nSPS) is 10.9. The van der Waals surface area contributed by atoms with E-state index in [1.807, 2.05) is 78.9 Å². The number of nitrogens with zero attached hydrogens (tertiary/aromatic N) is 1. The number of halogens is 1. The lowest BCUT2D eigenvalue weighted by Gasteiger charge is -2.11. The average molecular weight is 420 g/mol. The van der Waals surface area contributed by atoms with Crippen molar-refractivity contribution >= 4 is 27.6 Å². The van der Waals surface area contributed by atoms with Crippen LogP contribution in [-0.4, -0.2) is 7.11 Å². The lowest BCUT2D eigenvalue weighted by molar-refractivity contribution is 0.305. The zero-order valence-corrected chi connectivity index (χ0v) is 16.4. The van der Waals surface area contributed by atoms with E-state index in [0.29, 0.717) is 12.2 Å². The summed E-state index contributed by atoms with van der Waals surface area (Å²) >= 11 is 3.50. The van der Waals surface area contributed by atoms with Gasteiger partial charge in [-0.3, -0.25) is 0 Å². The van der Waals surface area contributed by atoms with E-state index >= 15 is 0 Å². The summed E-state index contributed by atoms with van der Waals surface area (Å²) in [5.41, 5.74) is 3.31. The van der Waals surface area contributed by atoms with E-state index in [1.165, 1.54) is 0 Å². The van der Waals surface area contributed by atoms with E-state index in [4.69, 9.17) is 9.47 Å². The van der Waals surface area contributed by atoms with Crippen LogP contribution in [-0.2, 0) is 6.61 Å². The molecule has 0 saturated heterocycles. The van der Waals surface area contributed by atoms with Gasteiger partial charge in [-0.25, -0.2) is 0 Å². The Morgan fingerprint density at radius 2 is 1.78 bits per heavy atom. The molecule has 3 aromatic carbocycles. The molecule has 0 radical (unpaired) electrons. The number of allylic oxidation sites excluding steroid dienone is 1. The van der Waals surface area contributed by atoms with Crippen molar-refractivity contribution in [2.75, 3.05) is 7.11 Å². The first-order valence-electron chi connectivity index (χ1n) is 8.42. The van der Waals surface area contributed by atoms with E-state index in [2.05, 4.69) is 22.0 Å². The molecule has 4 heteroatoms. The molecule has 0 N–H and O–H groups in total. The lowest BCUT2D eigenvalue weighted by Crippen LogP contribution is -1.97. The van der Waals surface area contributed by atoms with Crippen molar-refractivity contribution in [3.8, 4) is 17.6 Å². The molecule has 0 spiro atoms. The second-order valence-electron chi connectivity index (χ2n) is 5.85. The molecule has 0 aromatic heterocycles. The van der Waals surface area contributed by atoms with Gasteiger partial charge in [-0.1, -0.05) is 46.3 Å². The standard InChI is InChI=1S/C23H18BrNO2/c1-26-22-10-7-18(8-11-22)20(15-25)13-19-14-21(24)9-12-23(19)27-16-17-5-3-2-4-6-17/h2-14H,16H2,1H3/b20-13+. The fourth-order valence-electron chi connectivity index (χ4n) is 2.61. The molecule has 0 aliphatic carbocycles. The maximum Gasteiger partial charge on any atom is 0.127 e. The predicted octanol–water partition coefficient (Wildman–Crippen LogP) is 6.10. The van der Waals surface area contributed by atoms with Gasteiger partial charge in [0.2, 0.25) is 0 Å². The third-order valence-electron chi connectivity index (χ3n) is 4.03. The molecule has 0 saturated carbocycles. The Kier molecular flexibility index (Phi) is 6.30. The van der Waals surface area contributed by atoms with Crippen molar-refractivity contribution in [2.45, 2.75) is 6.61 Å².